The molecule has 2 amide bonds. The summed E-state index contributed by atoms with van der Waals surface area (Å²) in [5.74, 6) is 0.533. The molecule has 27 heavy (non-hydrogen) atoms. The van der Waals surface area contributed by atoms with Gasteiger partial charge in [-0.05, 0) is 25.0 Å². The second-order valence-electron chi connectivity index (χ2n) is 6.86. The number of morpholine rings is 1. The smallest absolute Gasteiger partial charge is 0.254 e. The number of benzene rings is 1. The van der Waals surface area contributed by atoms with Crippen molar-refractivity contribution in [2.75, 3.05) is 20.7 Å². The Hall–Kier alpha value is -2.67. The van der Waals surface area contributed by atoms with E-state index in [1.54, 1.807) is 30.1 Å². The molecule has 1 aliphatic rings. The molecule has 0 bridgehead atoms. The second kappa shape index (κ2) is 7.92. The first kappa shape index (κ1) is 19.1. The Kier molecular flexibility index (Phi) is 5.60. The van der Waals surface area contributed by atoms with E-state index in [0.29, 0.717) is 6.54 Å². The minimum absolute atomic E-state index is 0.0906. The Morgan fingerprint density at radius 2 is 2.11 bits per heavy atom. The molecule has 0 spiro atoms. The number of imidazole rings is 1. The quantitative estimate of drug-likeness (QED) is 0.804. The molecule has 7 heteroatoms. The highest BCUT2D eigenvalue weighted by Gasteiger charge is 2.41. The maximum Gasteiger partial charge on any atom is 0.254 e. The molecule has 3 rings (SSSR count). The zero-order chi connectivity index (χ0) is 19.6. The van der Waals surface area contributed by atoms with Gasteiger partial charge in [0.15, 0.2) is 6.10 Å². The summed E-state index contributed by atoms with van der Waals surface area (Å²) in [6.07, 6.45) is 2.88. The normalized spacial score (nSPS) is 20.0. The number of carbonyl (C=O) groups excluding carboxylic acids is 2. The molecule has 1 fully saturated rings. The third kappa shape index (κ3) is 3.73. The summed E-state index contributed by atoms with van der Waals surface area (Å²) >= 11 is 0. The fourth-order valence-corrected chi connectivity index (χ4v) is 3.50. The fourth-order valence-electron chi connectivity index (χ4n) is 3.50. The number of hydrogen-bond acceptors (Lipinski definition) is 4. The van der Waals surface area contributed by atoms with Gasteiger partial charge in [0.2, 0.25) is 5.91 Å². The number of amides is 2. The molecule has 0 radical (unpaired) electrons. The van der Waals surface area contributed by atoms with Crippen LogP contribution in [0.15, 0.2) is 36.7 Å². The number of nitrogens with zero attached hydrogens (tertiary/aromatic N) is 4. The van der Waals surface area contributed by atoms with Crippen LogP contribution >= 0.6 is 0 Å². The fraction of sp³-hybridized carbons (Fsp3) is 0.450. The van der Waals surface area contributed by atoms with Gasteiger partial charge in [-0.2, -0.15) is 0 Å². The van der Waals surface area contributed by atoms with E-state index in [1.165, 1.54) is 0 Å². The highest BCUT2D eigenvalue weighted by Crippen LogP contribution is 2.32. The minimum Gasteiger partial charge on any atom is -0.356 e. The molecular formula is C20H26N4O3. The Morgan fingerprint density at radius 1 is 1.37 bits per heavy atom. The number of rotatable bonds is 5. The van der Waals surface area contributed by atoms with Crippen molar-refractivity contribution in [3.63, 3.8) is 0 Å². The van der Waals surface area contributed by atoms with Crippen LogP contribution in [0.5, 0.6) is 0 Å². The van der Waals surface area contributed by atoms with Gasteiger partial charge < -0.3 is 19.1 Å². The molecule has 1 aromatic heterocycles. The predicted octanol–water partition coefficient (Wildman–Crippen LogP) is 1.77. The van der Waals surface area contributed by atoms with Crippen molar-refractivity contribution in [1.82, 2.24) is 19.4 Å². The number of carbonyl (C=O) groups is 2. The van der Waals surface area contributed by atoms with Crippen molar-refractivity contribution in [2.24, 2.45) is 0 Å². The van der Waals surface area contributed by atoms with Crippen molar-refractivity contribution >= 4 is 11.8 Å². The number of ether oxygens (including phenoxy) is 1. The van der Waals surface area contributed by atoms with Gasteiger partial charge in [0.1, 0.15) is 12.4 Å². The summed E-state index contributed by atoms with van der Waals surface area (Å²) in [5.41, 5.74) is 1.95. The molecule has 1 saturated heterocycles. The van der Waals surface area contributed by atoms with Crippen molar-refractivity contribution in [3.8, 4) is 0 Å². The predicted molar refractivity (Wildman–Crippen MR) is 101 cm³/mol. The number of aromatic nitrogens is 2. The van der Waals surface area contributed by atoms with E-state index in [9.17, 15) is 9.59 Å². The summed E-state index contributed by atoms with van der Waals surface area (Å²) in [4.78, 5) is 33.0. The molecule has 0 saturated carbocycles. The third-order valence-electron chi connectivity index (χ3n) is 5.13. The van der Waals surface area contributed by atoms with Gasteiger partial charge in [-0.3, -0.25) is 9.59 Å². The lowest BCUT2D eigenvalue weighted by molar-refractivity contribution is -0.167. The Morgan fingerprint density at radius 3 is 2.81 bits per heavy atom. The summed E-state index contributed by atoms with van der Waals surface area (Å²) in [5, 5.41) is 0. The van der Waals surface area contributed by atoms with Crippen LogP contribution in [0.25, 0.3) is 0 Å². The lowest BCUT2D eigenvalue weighted by Crippen LogP contribution is -2.53. The van der Waals surface area contributed by atoms with E-state index in [1.807, 2.05) is 48.9 Å². The molecule has 2 unspecified atom stereocenters. The lowest BCUT2D eigenvalue weighted by Gasteiger charge is -2.40. The first-order valence-corrected chi connectivity index (χ1v) is 9.11. The zero-order valence-corrected chi connectivity index (χ0v) is 16.3. The molecule has 1 aromatic carbocycles. The number of hydrogen-bond donors (Lipinski definition) is 0. The van der Waals surface area contributed by atoms with Gasteiger partial charge >= 0.3 is 0 Å². The van der Waals surface area contributed by atoms with E-state index >= 15 is 0 Å². The van der Waals surface area contributed by atoms with Gasteiger partial charge in [0, 0.05) is 33.0 Å². The first-order chi connectivity index (χ1) is 12.9. The van der Waals surface area contributed by atoms with E-state index < -0.39 is 12.1 Å². The molecule has 1 aliphatic heterocycles. The van der Waals surface area contributed by atoms with Crippen LogP contribution in [-0.2, 0) is 27.4 Å². The molecule has 2 heterocycles. The summed E-state index contributed by atoms with van der Waals surface area (Å²) in [6.45, 7) is 5.10. The van der Waals surface area contributed by atoms with Crippen molar-refractivity contribution in [1.29, 1.82) is 0 Å². The second-order valence-corrected chi connectivity index (χ2v) is 6.86. The van der Waals surface area contributed by atoms with Crippen LogP contribution < -0.4 is 0 Å². The summed E-state index contributed by atoms with van der Waals surface area (Å²) < 4.78 is 7.73. The van der Waals surface area contributed by atoms with Gasteiger partial charge in [0.25, 0.3) is 5.91 Å². The lowest BCUT2D eigenvalue weighted by atomic mass is 9.93. The summed E-state index contributed by atoms with van der Waals surface area (Å²) in [6, 6.07) is 7.33. The molecule has 7 nitrogen and oxygen atoms in total. The first-order valence-electron chi connectivity index (χ1n) is 9.11. The van der Waals surface area contributed by atoms with Gasteiger partial charge in [-0.15, -0.1) is 0 Å². The molecular weight excluding hydrogens is 344 g/mol. The van der Waals surface area contributed by atoms with E-state index in [4.69, 9.17) is 4.74 Å². The van der Waals surface area contributed by atoms with Crippen LogP contribution in [0.4, 0.5) is 0 Å². The average molecular weight is 370 g/mol. The summed E-state index contributed by atoms with van der Waals surface area (Å²) in [7, 11) is 3.47. The Labute approximate surface area is 159 Å². The van der Waals surface area contributed by atoms with Crippen LogP contribution in [0.2, 0.25) is 0 Å². The van der Waals surface area contributed by atoms with Crippen molar-refractivity contribution in [2.45, 2.75) is 39.1 Å². The van der Waals surface area contributed by atoms with Crippen LogP contribution in [0.3, 0.4) is 0 Å². The topological polar surface area (TPSA) is 67.7 Å². The van der Waals surface area contributed by atoms with Crippen LogP contribution in [-0.4, -0.2) is 58.0 Å². The van der Waals surface area contributed by atoms with Crippen molar-refractivity contribution < 1.29 is 14.3 Å². The molecule has 2 aromatic rings. The van der Waals surface area contributed by atoms with Gasteiger partial charge in [0.05, 0.1) is 12.6 Å². The largest absolute Gasteiger partial charge is 0.356 e. The zero-order valence-electron chi connectivity index (χ0n) is 16.3. The number of likely N-dealkylation sites (N-methyl/N-ethyl adjacent to an activating group) is 2. The SMILES string of the molecule is CCn1ccnc1CN(C)C(=O)C1OCC(=O)N(C)C1c1ccccc1C. The Balaban J connectivity index is 1.86. The standard InChI is InChI=1S/C20H26N4O3/c1-5-24-11-10-21-16(24)12-22(3)20(26)19-18(23(4)17(25)13-27-19)15-9-7-6-8-14(15)2/h6-11,18-19H,5,12-13H2,1-4H3. The van der Waals surface area contributed by atoms with Crippen molar-refractivity contribution in [3.05, 3.63) is 53.6 Å². The highest BCUT2D eigenvalue weighted by molar-refractivity contribution is 5.86. The third-order valence-corrected chi connectivity index (χ3v) is 5.13. The van der Waals surface area contributed by atoms with Crippen LogP contribution in [0.1, 0.15) is 29.9 Å². The Bertz CT molecular complexity index is 832. The maximum absolute atomic E-state index is 13.2. The van der Waals surface area contributed by atoms with E-state index in [0.717, 1.165) is 23.5 Å². The highest BCUT2D eigenvalue weighted by atomic mass is 16.5. The van der Waals surface area contributed by atoms with Gasteiger partial charge in [-0.25, -0.2) is 4.98 Å². The average Bonchev–Trinajstić information content (AvgIpc) is 3.11. The monoisotopic (exact) mass is 370 g/mol. The maximum atomic E-state index is 13.2. The van der Waals surface area contributed by atoms with E-state index in [-0.39, 0.29) is 18.4 Å². The molecule has 144 valence electrons. The van der Waals surface area contributed by atoms with Gasteiger partial charge in [-0.1, -0.05) is 24.3 Å². The minimum atomic E-state index is -0.746. The molecule has 2 atom stereocenters. The molecule has 0 N–H and O–H groups in total. The molecule has 0 aliphatic carbocycles. The van der Waals surface area contributed by atoms with Crippen LogP contribution in [0, 0.1) is 6.92 Å². The van der Waals surface area contributed by atoms with E-state index in [2.05, 4.69) is 4.98 Å². The number of aryl methyl sites for hydroxylation is 2.